The van der Waals surface area contributed by atoms with E-state index < -0.39 is 11.9 Å². The fourth-order valence-corrected chi connectivity index (χ4v) is 3.32. The second-order valence-corrected chi connectivity index (χ2v) is 5.86. The maximum atomic E-state index is 12.6. The molecular weight excluding hydrogens is 254 g/mol. The van der Waals surface area contributed by atoms with Crippen molar-refractivity contribution in [2.24, 2.45) is 5.92 Å². The van der Waals surface area contributed by atoms with Crippen LogP contribution in [-0.4, -0.2) is 21.4 Å². The van der Waals surface area contributed by atoms with E-state index in [9.17, 15) is 14.7 Å². The molecule has 1 aromatic rings. The van der Waals surface area contributed by atoms with Gasteiger partial charge in [0.05, 0.1) is 11.6 Å². The third-order valence-corrected chi connectivity index (χ3v) is 4.57. The normalized spacial score (nSPS) is 25.1. The number of allylic oxidation sites excluding steroid dienone is 2. The molecule has 0 saturated heterocycles. The Morgan fingerprint density at radius 2 is 2.10 bits per heavy atom. The van der Waals surface area contributed by atoms with E-state index in [-0.39, 0.29) is 11.7 Å². The number of fused-ring (bicyclic) bond motifs is 1. The van der Waals surface area contributed by atoms with Gasteiger partial charge in [0.15, 0.2) is 5.78 Å². The predicted molar refractivity (Wildman–Crippen MR) is 74.9 cm³/mol. The minimum absolute atomic E-state index is 0.0570. The van der Waals surface area contributed by atoms with Gasteiger partial charge >= 0.3 is 5.97 Å². The number of ketones is 1. The molecular formula is C16H19NO3. The highest BCUT2D eigenvalue weighted by molar-refractivity contribution is 5.97. The number of carbonyl (C=O) groups is 2. The topological polar surface area (TPSA) is 59.3 Å². The predicted octanol–water partition coefficient (Wildman–Crippen LogP) is 2.99. The Kier molecular flexibility index (Phi) is 3.24. The summed E-state index contributed by atoms with van der Waals surface area (Å²) >= 11 is 0. The van der Waals surface area contributed by atoms with E-state index in [2.05, 4.69) is 13.0 Å². The van der Waals surface area contributed by atoms with Gasteiger partial charge in [0.25, 0.3) is 0 Å². The van der Waals surface area contributed by atoms with Gasteiger partial charge in [0.2, 0.25) is 0 Å². The molecule has 2 heterocycles. The van der Waals surface area contributed by atoms with Crippen molar-refractivity contribution in [3.05, 3.63) is 35.2 Å². The highest BCUT2D eigenvalue weighted by atomic mass is 16.4. The molecule has 1 aliphatic carbocycles. The standard InChI is InChI=1S/C16H19NO3/c1-10-2-4-11(5-3-10)15(18)14-7-6-13-12(16(19)20)8-9-17(13)14/h2,6-7,11-12H,3-5,8-9H2,1H3,(H,19,20). The van der Waals surface area contributed by atoms with E-state index in [0.717, 1.165) is 25.0 Å². The van der Waals surface area contributed by atoms with Crippen molar-refractivity contribution in [2.45, 2.75) is 45.1 Å². The Hall–Kier alpha value is -1.84. The molecule has 4 nitrogen and oxygen atoms in total. The van der Waals surface area contributed by atoms with E-state index in [1.165, 1.54) is 5.57 Å². The smallest absolute Gasteiger partial charge is 0.312 e. The molecule has 20 heavy (non-hydrogen) atoms. The van der Waals surface area contributed by atoms with Gasteiger partial charge in [-0.3, -0.25) is 9.59 Å². The van der Waals surface area contributed by atoms with E-state index in [0.29, 0.717) is 18.7 Å². The highest BCUT2D eigenvalue weighted by Crippen LogP contribution is 2.33. The molecule has 1 aromatic heterocycles. The van der Waals surface area contributed by atoms with E-state index in [1.54, 1.807) is 6.07 Å². The van der Waals surface area contributed by atoms with Crippen molar-refractivity contribution in [3.63, 3.8) is 0 Å². The summed E-state index contributed by atoms with van der Waals surface area (Å²) < 4.78 is 1.91. The molecule has 2 atom stereocenters. The molecule has 0 saturated carbocycles. The van der Waals surface area contributed by atoms with Crippen LogP contribution in [0.3, 0.4) is 0 Å². The molecule has 4 heteroatoms. The van der Waals surface area contributed by atoms with Crippen LogP contribution in [0, 0.1) is 5.92 Å². The molecule has 1 N–H and O–H groups in total. The fraction of sp³-hybridized carbons (Fsp3) is 0.500. The zero-order valence-electron chi connectivity index (χ0n) is 11.6. The van der Waals surface area contributed by atoms with Gasteiger partial charge in [-0.2, -0.15) is 0 Å². The molecule has 2 aliphatic rings. The van der Waals surface area contributed by atoms with Crippen molar-refractivity contribution >= 4 is 11.8 Å². The summed E-state index contributed by atoms with van der Waals surface area (Å²) in [6.45, 7) is 2.75. The molecule has 0 aromatic carbocycles. The molecule has 0 bridgehead atoms. The van der Waals surface area contributed by atoms with Gasteiger partial charge in [0.1, 0.15) is 0 Å². The van der Waals surface area contributed by atoms with Crippen LogP contribution < -0.4 is 0 Å². The monoisotopic (exact) mass is 273 g/mol. The number of carboxylic acid groups (broad SMARTS) is 1. The van der Waals surface area contributed by atoms with Gasteiger partial charge in [-0.05, 0) is 44.7 Å². The van der Waals surface area contributed by atoms with Crippen LogP contribution in [-0.2, 0) is 11.3 Å². The summed E-state index contributed by atoms with van der Waals surface area (Å²) in [5, 5.41) is 9.18. The van der Waals surface area contributed by atoms with Crippen LogP contribution in [0.5, 0.6) is 0 Å². The van der Waals surface area contributed by atoms with Crippen molar-refractivity contribution in [1.29, 1.82) is 0 Å². The highest BCUT2D eigenvalue weighted by Gasteiger charge is 2.33. The van der Waals surface area contributed by atoms with Crippen molar-refractivity contribution < 1.29 is 14.7 Å². The maximum Gasteiger partial charge on any atom is 0.312 e. The largest absolute Gasteiger partial charge is 0.481 e. The number of Topliss-reactive ketones (excluding diaryl/α,β-unsaturated/α-hetero) is 1. The summed E-state index contributed by atoms with van der Waals surface area (Å²) in [6.07, 6.45) is 5.45. The Labute approximate surface area is 118 Å². The first-order valence-electron chi connectivity index (χ1n) is 7.20. The number of carboxylic acids is 1. The van der Waals surface area contributed by atoms with E-state index in [4.69, 9.17) is 0 Å². The van der Waals surface area contributed by atoms with Crippen LogP contribution in [0.4, 0.5) is 0 Å². The van der Waals surface area contributed by atoms with Crippen molar-refractivity contribution in [3.8, 4) is 0 Å². The number of carbonyl (C=O) groups excluding carboxylic acids is 1. The van der Waals surface area contributed by atoms with E-state index >= 15 is 0 Å². The Bertz CT molecular complexity index is 597. The van der Waals surface area contributed by atoms with Crippen LogP contribution in [0.1, 0.15) is 54.7 Å². The van der Waals surface area contributed by atoms with Crippen molar-refractivity contribution in [1.82, 2.24) is 4.57 Å². The maximum absolute atomic E-state index is 12.6. The lowest BCUT2D eigenvalue weighted by Crippen LogP contribution is -2.20. The number of aromatic nitrogens is 1. The number of nitrogens with zero attached hydrogens (tertiary/aromatic N) is 1. The molecule has 106 valence electrons. The lowest BCUT2D eigenvalue weighted by atomic mass is 9.86. The average molecular weight is 273 g/mol. The summed E-state index contributed by atoms with van der Waals surface area (Å²) in [5.74, 6) is -1.02. The molecule has 1 aliphatic heterocycles. The minimum Gasteiger partial charge on any atom is -0.481 e. The molecule has 0 amide bonds. The quantitative estimate of drug-likeness (QED) is 0.680. The molecule has 0 fully saturated rings. The summed E-state index contributed by atoms with van der Waals surface area (Å²) in [6, 6.07) is 3.61. The zero-order chi connectivity index (χ0) is 14.3. The minimum atomic E-state index is -0.794. The van der Waals surface area contributed by atoms with Crippen LogP contribution >= 0.6 is 0 Å². The van der Waals surface area contributed by atoms with Crippen molar-refractivity contribution in [2.75, 3.05) is 0 Å². The number of rotatable bonds is 3. The molecule has 3 rings (SSSR count). The molecule has 0 radical (unpaired) electrons. The second-order valence-electron chi connectivity index (χ2n) is 5.86. The van der Waals surface area contributed by atoms with E-state index in [1.807, 2.05) is 10.6 Å². The third kappa shape index (κ3) is 2.09. The Morgan fingerprint density at radius 3 is 2.75 bits per heavy atom. The lowest BCUT2D eigenvalue weighted by molar-refractivity contribution is -0.138. The zero-order valence-corrected chi connectivity index (χ0v) is 11.6. The Balaban J connectivity index is 1.84. The fourth-order valence-electron chi connectivity index (χ4n) is 3.32. The number of hydrogen-bond acceptors (Lipinski definition) is 2. The summed E-state index contributed by atoms with van der Waals surface area (Å²) in [7, 11) is 0. The van der Waals surface area contributed by atoms with Crippen LogP contribution in [0.2, 0.25) is 0 Å². The summed E-state index contributed by atoms with van der Waals surface area (Å²) in [5.41, 5.74) is 2.84. The summed E-state index contributed by atoms with van der Waals surface area (Å²) in [4.78, 5) is 23.8. The van der Waals surface area contributed by atoms with Gasteiger partial charge in [0, 0.05) is 18.2 Å². The first kappa shape index (κ1) is 13.2. The first-order chi connectivity index (χ1) is 9.58. The van der Waals surface area contributed by atoms with Gasteiger partial charge in [-0.1, -0.05) is 11.6 Å². The molecule has 2 unspecified atom stereocenters. The SMILES string of the molecule is CC1=CCC(C(=O)c2ccc3n2CCC3C(=O)O)CC1. The van der Waals surface area contributed by atoms with Gasteiger partial charge in [-0.15, -0.1) is 0 Å². The lowest BCUT2D eigenvalue weighted by Gasteiger charge is -2.19. The third-order valence-electron chi connectivity index (χ3n) is 4.57. The second kappa shape index (κ2) is 4.93. The van der Waals surface area contributed by atoms with Crippen LogP contribution in [0.15, 0.2) is 23.8 Å². The first-order valence-corrected chi connectivity index (χ1v) is 7.20. The number of aliphatic carboxylic acids is 1. The van der Waals surface area contributed by atoms with Gasteiger partial charge < -0.3 is 9.67 Å². The average Bonchev–Trinajstić information content (AvgIpc) is 2.99. The van der Waals surface area contributed by atoms with Crippen LogP contribution in [0.25, 0.3) is 0 Å². The number of hydrogen-bond donors (Lipinski definition) is 1. The molecule has 0 spiro atoms. The Morgan fingerprint density at radius 1 is 1.30 bits per heavy atom. The van der Waals surface area contributed by atoms with Gasteiger partial charge in [-0.25, -0.2) is 0 Å².